The molecule has 2 atom stereocenters. The van der Waals surface area contributed by atoms with Crippen molar-refractivity contribution < 1.29 is 18.4 Å². The number of hydrogen-bond donors (Lipinski definition) is 1. The second-order valence-corrected chi connectivity index (χ2v) is 4.94. The molecular formula is C13H16F2N2O3. The standard InChI is InChI=1S/C13H16F2N2O3/c1-8-4-10(2-3-20-8)16-7-9-5-13(17(18)19)12(15)6-11(9)14/h5-6,8,10,16H,2-4,7H2,1H3. The van der Waals surface area contributed by atoms with Gasteiger partial charge < -0.3 is 10.1 Å². The number of hydrogen-bond acceptors (Lipinski definition) is 4. The van der Waals surface area contributed by atoms with E-state index in [0.29, 0.717) is 12.7 Å². The second kappa shape index (κ2) is 6.23. The molecule has 0 aliphatic carbocycles. The van der Waals surface area contributed by atoms with Crippen molar-refractivity contribution >= 4 is 5.69 Å². The first-order valence-corrected chi connectivity index (χ1v) is 6.44. The Hall–Kier alpha value is -1.60. The van der Waals surface area contributed by atoms with E-state index in [4.69, 9.17) is 4.74 Å². The number of ether oxygens (including phenoxy) is 1. The predicted molar refractivity (Wildman–Crippen MR) is 68.3 cm³/mol. The number of nitrogens with one attached hydrogen (secondary N) is 1. The van der Waals surface area contributed by atoms with Crippen molar-refractivity contribution in [2.75, 3.05) is 6.61 Å². The maximum atomic E-state index is 13.6. The van der Waals surface area contributed by atoms with E-state index in [1.54, 1.807) is 0 Å². The summed E-state index contributed by atoms with van der Waals surface area (Å²) in [6, 6.07) is 1.67. The number of nitro groups is 1. The molecular weight excluding hydrogens is 270 g/mol. The molecule has 5 nitrogen and oxygen atoms in total. The third-order valence-electron chi connectivity index (χ3n) is 3.38. The SMILES string of the molecule is CC1CC(NCc2cc([N+](=O)[O-])c(F)cc2F)CCO1. The molecule has 1 aliphatic heterocycles. The lowest BCUT2D eigenvalue weighted by molar-refractivity contribution is -0.387. The highest BCUT2D eigenvalue weighted by molar-refractivity contribution is 5.37. The van der Waals surface area contributed by atoms with Crippen molar-refractivity contribution in [3.8, 4) is 0 Å². The molecule has 2 unspecified atom stereocenters. The Morgan fingerprint density at radius 3 is 2.85 bits per heavy atom. The molecule has 1 aromatic carbocycles. The number of benzene rings is 1. The molecule has 1 fully saturated rings. The van der Waals surface area contributed by atoms with Crippen LogP contribution in [-0.4, -0.2) is 23.7 Å². The molecule has 1 aliphatic rings. The minimum Gasteiger partial charge on any atom is -0.378 e. The van der Waals surface area contributed by atoms with Gasteiger partial charge in [0.15, 0.2) is 0 Å². The van der Waals surface area contributed by atoms with Crippen LogP contribution in [0.25, 0.3) is 0 Å². The Bertz CT molecular complexity index is 511. The molecule has 0 saturated carbocycles. The maximum absolute atomic E-state index is 13.6. The van der Waals surface area contributed by atoms with Crippen molar-refractivity contribution in [1.29, 1.82) is 0 Å². The predicted octanol–water partition coefficient (Wildman–Crippen LogP) is 2.53. The summed E-state index contributed by atoms with van der Waals surface area (Å²) in [6.07, 6.45) is 1.73. The van der Waals surface area contributed by atoms with Gasteiger partial charge in [-0.3, -0.25) is 10.1 Å². The Labute approximate surface area is 115 Å². The van der Waals surface area contributed by atoms with Gasteiger partial charge in [-0.1, -0.05) is 0 Å². The van der Waals surface area contributed by atoms with Crippen LogP contribution in [0.1, 0.15) is 25.3 Å². The third-order valence-corrected chi connectivity index (χ3v) is 3.38. The van der Waals surface area contributed by atoms with E-state index < -0.39 is 22.2 Å². The molecule has 20 heavy (non-hydrogen) atoms. The van der Waals surface area contributed by atoms with E-state index in [2.05, 4.69) is 5.32 Å². The van der Waals surface area contributed by atoms with Crippen LogP contribution in [0.3, 0.4) is 0 Å². The largest absolute Gasteiger partial charge is 0.378 e. The topological polar surface area (TPSA) is 64.4 Å². The fraction of sp³-hybridized carbons (Fsp3) is 0.538. The van der Waals surface area contributed by atoms with Crippen LogP contribution in [0.4, 0.5) is 14.5 Å². The summed E-state index contributed by atoms with van der Waals surface area (Å²) in [5, 5.41) is 13.8. The van der Waals surface area contributed by atoms with Crippen LogP contribution in [0.15, 0.2) is 12.1 Å². The summed E-state index contributed by atoms with van der Waals surface area (Å²) >= 11 is 0. The molecule has 0 spiro atoms. The summed E-state index contributed by atoms with van der Waals surface area (Å²) in [5.74, 6) is -1.93. The lowest BCUT2D eigenvalue weighted by atomic mass is 10.0. The summed E-state index contributed by atoms with van der Waals surface area (Å²) in [4.78, 5) is 9.79. The van der Waals surface area contributed by atoms with Gasteiger partial charge in [-0.2, -0.15) is 4.39 Å². The molecule has 1 heterocycles. The highest BCUT2D eigenvalue weighted by Crippen LogP contribution is 2.22. The molecule has 0 amide bonds. The van der Waals surface area contributed by atoms with Gasteiger partial charge in [0.25, 0.3) is 0 Å². The average molecular weight is 286 g/mol. The Kier molecular flexibility index (Phi) is 4.61. The first-order chi connectivity index (χ1) is 9.47. The van der Waals surface area contributed by atoms with Gasteiger partial charge in [0, 0.05) is 36.9 Å². The van der Waals surface area contributed by atoms with Gasteiger partial charge in [0.2, 0.25) is 5.82 Å². The average Bonchev–Trinajstić information content (AvgIpc) is 2.37. The highest BCUT2D eigenvalue weighted by atomic mass is 19.1. The number of nitro benzene ring substituents is 1. The van der Waals surface area contributed by atoms with Gasteiger partial charge in [-0.25, -0.2) is 4.39 Å². The summed E-state index contributed by atoms with van der Waals surface area (Å²) < 4.78 is 32.2. The van der Waals surface area contributed by atoms with Crippen LogP contribution in [-0.2, 0) is 11.3 Å². The van der Waals surface area contributed by atoms with E-state index in [1.807, 2.05) is 6.92 Å². The van der Waals surface area contributed by atoms with E-state index in [0.717, 1.165) is 18.9 Å². The summed E-state index contributed by atoms with van der Waals surface area (Å²) in [7, 11) is 0. The van der Waals surface area contributed by atoms with Gasteiger partial charge in [-0.05, 0) is 19.8 Å². The van der Waals surface area contributed by atoms with Crippen molar-refractivity contribution in [2.24, 2.45) is 0 Å². The number of nitrogens with zero attached hydrogens (tertiary/aromatic N) is 1. The Morgan fingerprint density at radius 1 is 1.45 bits per heavy atom. The Balaban J connectivity index is 2.05. The van der Waals surface area contributed by atoms with Crippen LogP contribution in [0.5, 0.6) is 0 Å². The van der Waals surface area contributed by atoms with Gasteiger partial charge >= 0.3 is 5.69 Å². The third kappa shape index (κ3) is 3.49. The quantitative estimate of drug-likeness (QED) is 0.682. The minimum absolute atomic E-state index is 0.0947. The van der Waals surface area contributed by atoms with Gasteiger partial charge in [0.05, 0.1) is 11.0 Å². The highest BCUT2D eigenvalue weighted by Gasteiger charge is 2.21. The smallest absolute Gasteiger partial charge is 0.305 e. The van der Waals surface area contributed by atoms with Crippen molar-refractivity contribution in [3.05, 3.63) is 39.4 Å². The fourth-order valence-electron chi connectivity index (χ4n) is 2.29. The van der Waals surface area contributed by atoms with Crippen molar-refractivity contribution in [3.63, 3.8) is 0 Å². The summed E-state index contributed by atoms with van der Waals surface area (Å²) in [6.45, 7) is 2.71. The molecule has 1 aromatic rings. The molecule has 0 bridgehead atoms. The Morgan fingerprint density at radius 2 is 2.20 bits per heavy atom. The number of rotatable bonds is 4. The second-order valence-electron chi connectivity index (χ2n) is 4.94. The molecule has 1 saturated heterocycles. The first-order valence-electron chi connectivity index (χ1n) is 6.44. The lowest BCUT2D eigenvalue weighted by Gasteiger charge is -2.28. The molecule has 0 aromatic heterocycles. The zero-order valence-corrected chi connectivity index (χ0v) is 11.1. The van der Waals surface area contributed by atoms with Crippen LogP contribution in [0, 0.1) is 21.7 Å². The molecule has 2 rings (SSSR count). The lowest BCUT2D eigenvalue weighted by Crippen LogP contribution is -2.37. The molecule has 7 heteroatoms. The summed E-state index contributed by atoms with van der Waals surface area (Å²) in [5.41, 5.74) is -0.610. The van der Waals surface area contributed by atoms with Crippen molar-refractivity contribution in [2.45, 2.75) is 38.5 Å². The fourth-order valence-corrected chi connectivity index (χ4v) is 2.29. The first kappa shape index (κ1) is 14.8. The zero-order chi connectivity index (χ0) is 14.7. The van der Waals surface area contributed by atoms with E-state index in [-0.39, 0.29) is 24.3 Å². The molecule has 110 valence electrons. The van der Waals surface area contributed by atoms with E-state index in [1.165, 1.54) is 0 Å². The minimum atomic E-state index is -1.16. The van der Waals surface area contributed by atoms with E-state index in [9.17, 15) is 18.9 Å². The molecule has 0 radical (unpaired) electrons. The van der Waals surface area contributed by atoms with Gasteiger partial charge in [0.1, 0.15) is 5.82 Å². The number of halogens is 2. The van der Waals surface area contributed by atoms with Crippen LogP contribution >= 0.6 is 0 Å². The molecule has 1 N–H and O–H groups in total. The van der Waals surface area contributed by atoms with Crippen LogP contribution < -0.4 is 5.32 Å². The zero-order valence-electron chi connectivity index (χ0n) is 11.1. The van der Waals surface area contributed by atoms with Gasteiger partial charge in [-0.15, -0.1) is 0 Å². The normalized spacial score (nSPS) is 22.8. The monoisotopic (exact) mass is 286 g/mol. The maximum Gasteiger partial charge on any atom is 0.305 e. The van der Waals surface area contributed by atoms with E-state index >= 15 is 0 Å². The van der Waals surface area contributed by atoms with Crippen LogP contribution in [0.2, 0.25) is 0 Å². The van der Waals surface area contributed by atoms with Crippen molar-refractivity contribution in [1.82, 2.24) is 5.32 Å².